The number of carbonyl (C=O) groups is 1. The smallest absolute Gasteiger partial charge is 0.311 e. The monoisotopic (exact) mass is 520 g/mol. The average Bonchev–Trinajstić information content (AvgIpc) is 3.23. The molecule has 0 radical (unpaired) electrons. The Morgan fingerprint density at radius 3 is 2.39 bits per heavy atom. The summed E-state index contributed by atoms with van der Waals surface area (Å²) in [7, 11) is 0. The van der Waals surface area contributed by atoms with Crippen molar-refractivity contribution >= 4 is 5.97 Å². The molecule has 4 aliphatic carbocycles. The topological polar surface area (TPSA) is 57.5 Å². The Hall–Kier alpha value is -1.61. The number of carboxylic acid groups (broad SMARTS) is 1. The van der Waals surface area contributed by atoms with Crippen LogP contribution in [-0.2, 0) is 4.79 Å². The van der Waals surface area contributed by atoms with E-state index < -0.39 is 18.0 Å². The van der Waals surface area contributed by atoms with Gasteiger partial charge in [0, 0.05) is 5.92 Å². The molecule has 2 N–H and O–H groups in total. The average molecular weight is 521 g/mol. The number of rotatable bonds is 8. The molecule has 3 saturated carbocycles. The molecule has 0 heterocycles. The van der Waals surface area contributed by atoms with Crippen LogP contribution in [0.15, 0.2) is 42.0 Å². The normalized spacial score (nSPS) is 40.0. The summed E-state index contributed by atoms with van der Waals surface area (Å²) in [6.45, 7) is 12.3. The lowest BCUT2D eigenvalue weighted by molar-refractivity contribution is -0.142. The third kappa shape index (κ3) is 4.69. The third-order valence-electron chi connectivity index (χ3n) is 12.2. The second-order valence-corrected chi connectivity index (χ2v) is 14.6. The molecule has 1 aromatic carbocycles. The van der Waals surface area contributed by atoms with Crippen LogP contribution in [0.1, 0.15) is 110 Å². The van der Waals surface area contributed by atoms with Gasteiger partial charge in [0.15, 0.2) is 0 Å². The molecule has 0 saturated heterocycles. The Balaban J connectivity index is 1.41. The molecule has 0 amide bonds. The van der Waals surface area contributed by atoms with Crippen molar-refractivity contribution in [1.29, 1.82) is 0 Å². The molecule has 0 spiro atoms. The van der Waals surface area contributed by atoms with E-state index in [1.165, 1.54) is 50.5 Å². The van der Waals surface area contributed by atoms with Gasteiger partial charge in [-0.2, -0.15) is 0 Å². The van der Waals surface area contributed by atoms with E-state index in [2.05, 4.69) is 40.7 Å². The molecule has 1 aromatic rings. The predicted octanol–water partition coefficient (Wildman–Crippen LogP) is 8.48. The van der Waals surface area contributed by atoms with Gasteiger partial charge in [0.25, 0.3) is 0 Å². The van der Waals surface area contributed by atoms with Crippen molar-refractivity contribution in [1.82, 2.24) is 0 Å². The number of fused-ring (bicyclic) bond motifs is 5. The minimum Gasteiger partial charge on any atom is -0.481 e. The van der Waals surface area contributed by atoms with Crippen molar-refractivity contribution < 1.29 is 15.0 Å². The highest BCUT2D eigenvalue weighted by molar-refractivity contribution is 5.77. The molecule has 5 rings (SSSR count). The first-order valence-electron chi connectivity index (χ1n) is 15.7. The van der Waals surface area contributed by atoms with Crippen LogP contribution in [0.5, 0.6) is 0 Å². The van der Waals surface area contributed by atoms with Crippen molar-refractivity contribution in [2.45, 2.75) is 111 Å². The number of aliphatic hydroxyl groups is 1. The van der Waals surface area contributed by atoms with E-state index in [1.807, 2.05) is 30.3 Å². The molecule has 3 nitrogen and oxygen atoms in total. The van der Waals surface area contributed by atoms with Crippen molar-refractivity contribution in [2.24, 2.45) is 52.3 Å². The second-order valence-electron chi connectivity index (χ2n) is 14.6. The number of carboxylic acids is 1. The van der Waals surface area contributed by atoms with Crippen molar-refractivity contribution in [3.8, 4) is 0 Å². The minimum absolute atomic E-state index is 0.00239. The van der Waals surface area contributed by atoms with Gasteiger partial charge >= 0.3 is 5.97 Å². The van der Waals surface area contributed by atoms with E-state index >= 15 is 0 Å². The molecular formula is C35H52O3. The zero-order valence-electron chi connectivity index (χ0n) is 24.5. The van der Waals surface area contributed by atoms with E-state index in [9.17, 15) is 15.0 Å². The molecule has 3 fully saturated rings. The van der Waals surface area contributed by atoms with E-state index in [-0.39, 0.29) is 11.3 Å². The Kier molecular flexibility index (Phi) is 7.91. The van der Waals surface area contributed by atoms with E-state index in [0.717, 1.165) is 42.1 Å². The molecule has 0 aromatic heterocycles. The van der Waals surface area contributed by atoms with Crippen molar-refractivity contribution in [2.75, 3.05) is 0 Å². The Morgan fingerprint density at radius 1 is 0.974 bits per heavy atom. The van der Waals surface area contributed by atoms with Gasteiger partial charge < -0.3 is 10.2 Å². The summed E-state index contributed by atoms with van der Waals surface area (Å²) >= 11 is 0. The van der Waals surface area contributed by atoms with E-state index in [4.69, 9.17) is 0 Å². The maximum absolute atomic E-state index is 12.7. The van der Waals surface area contributed by atoms with Crippen LogP contribution >= 0.6 is 0 Å². The maximum Gasteiger partial charge on any atom is 0.311 e. The fourth-order valence-electron chi connectivity index (χ4n) is 10.4. The van der Waals surface area contributed by atoms with Crippen LogP contribution in [0.3, 0.4) is 0 Å². The first kappa shape index (κ1) is 27.9. The molecule has 3 heteroatoms. The number of benzene rings is 1. The highest BCUT2D eigenvalue weighted by atomic mass is 16.4. The maximum atomic E-state index is 12.7. The lowest BCUT2D eigenvalue weighted by atomic mass is 9.45. The lowest BCUT2D eigenvalue weighted by Crippen LogP contribution is -2.53. The van der Waals surface area contributed by atoms with Gasteiger partial charge in [0.05, 0.1) is 12.0 Å². The van der Waals surface area contributed by atoms with Crippen LogP contribution in [0, 0.1) is 52.3 Å². The largest absolute Gasteiger partial charge is 0.481 e. The number of aliphatic hydroxyl groups excluding tert-OH is 1. The summed E-state index contributed by atoms with van der Waals surface area (Å²) in [6.07, 6.45) is 14.0. The SMILES string of the molecule is CC(C)CCC[C@@H](C)[C@H]1CC[C@H]2[C@@H]3CC=C4C(C(C(=O)O)c5ccccc5)[C@@H](O)CC[C@]4(C)[C@H]3CC[C@]12C. The second kappa shape index (κ2) is 10.8. The van der Waals surface area contributed by atoms with Gasteiger partial charge in [0.1, 0.15) is 0 Å². The third-order valence-corrected chi connectivity index (χ3v) is 12.2. The van der Waals surface area contributed by atoms with Gasteiger partial charge in [-0.25, -0.2) is 0 Å². The van der Waals surface area contributed by atoms with Crippen LogP contribution < -0.4 is 0 Å². The Bertz CT molecular complexity index is 1010. The van der Waals surface area contributed by atoms with Gasteiger partial charge in [-0.15, -0.1) is 0 Å². The summed E-state index contributed by atoms with van der Waals surface area (Å²) in [6, 6.07) is 9.64. The molecule has 10 atom stereocenters. The Morgan fingerprint density at radius 2 is 1.71 bits per heavy atom. The highest BCUT2D eigenvalue weighted by Crippen LogP contribution is 2.68. The summed E-state index contributed by atoms with van der Waals surface area (Å²) in [4.78, 5) is 12.7. The lowest BCUT2D eigenvalue weighted by Gasteiger charge is -2.60. The standard InChI is InChI=1S/C35H52O3/c1-22(2)10-9-11-23(3)26-16-17-27-25-14-15-29-32(31(33(37)38)24-12-7-6-8-13-24)30(36)19-21-35(29,5)28(25)18-20-34(26,27)4/h6-8,12-13,15,22-23,25-28,30-32,36H,9-11,14,16-21H2,1-5H3,(H,37,38)/t23-,25+,26-,27+,28+,30+,31?,32?,34-,35-/m1/s1. The zero-order valence-corrected chi connectivity index (χ0v) is 24.5. The molecule has 38 heavy (non-hydrogen) atoms. The fourth-order valence-corrected chi connectivity index (χ4v) is 10.4. The van der Waals surface area contributed by atoms with Crippen molar-refractivity contribution in [3.05, 3.63) is 47.5 Å². The van der Waals surface area contributed by atoms with E-state index in [1.54, 1.807) is 0 Å². The first-order valence-corrected chi connectivity index (χ1v) is 15.7. The highest BCUT2D eigenvalue weighted by Gasteiger charge is 2.61. The molecule has 4 aliphatic rings. The summed E-state index contributed by atoms with van der Waals surface area (Å²) in [5, 5.41) is 21.7. The van der Waals surface area contributed by atoms with E-state index in [0.29, 0.717) is 23.7 Å². The molecular weight excluding hydrogens is 468 g/mol. The quantitative estimate of drug-likeness (QED) is 0.338. The summed E-state index contributed by atoms with van der Waals surface area (Å²) < 4.78 is 0. The Labute approximate surface area is 231 Å². The summed E-state index contributed by atoms with van der Waals surface area (Å²) in [5.41, 5.74) is 2.52. The predicted molar refractivity (Wildman–Crippen MR) is 155 cm³/mol. The van der Waals surface area contributed by atoms with Gasteiger partial charge in [0.2, 0.25) is 0 Å². The van der Waals surface area contributed by atoms with Crippen LogP contribution in [0.25, 0.3) is 0 Å². The first-order chi connectivity index (χ1) is 18.1. The molecule has 0 aliphatic heterocycles. The number of hydrogen-bond acceptors (Lipinski definition) is 2. The number of aliphatic carboxylic acids is 1. The van der Waals surface area contributed by atoms with Gasteiger partial charge in [-0.05, 0) is 96.8 Å². The fraction of sp³-hybridized carbons (Fsp3) is 0.743. The molecule has 2 unspecified atom stereocenters. The summed E-state index contributed by atoms with van der Waals surface area (Å²) in [5.74, 6) is 2.70. The molecule has 210 valence electrons. The van der Waals surface area contributed by atoms with Gasteiger partial charge in [-0.3, -0.25) is 4.79 Å². The van der Waals surface area contributed by atoms with Crippen molar-refractivity contribution in [3.63, 3.8) is 0 Å². The number of allylic oxidation sites excluding steroid dienone is 1. The van der Waals surface area contributed by atoms with Crippen LogP contribution in [0.4, 0.5) is 0 Å². The van der Waals surface area contributed by atoms with Gasteiger partial charge in [-0.1, -0.05) is 95.9 Å². The molecule has 0 bridgehead atoms. The van der Waals surface area contributed by atoms with Crippen LogP contribution in [-0.4, -0.2) is 22.3 Å². The zero-order chi connectivity index (χ0) is 27.2. The van der Waals surface area contributed by atoms with Crippen LogP contribution in [0.2, 0.25) is 0 Å². The number of hydrogen-bond donors (Lipinski definition) is 2. The minimum atomic E-state index is -0.811.